The van der Waals surface area contributed by atoms with Gasteiger partial charge in [-0.05, 0) is 19.4 Å². The Morgan fingerprint density at radius 2 is 2.30 bits per heavy atom. The van der Waals surface area contributed by atoms with Crippen LogP contribution in [0, 0.1) is 0 Å². The van der Waals surface area contributed by atoms with E-state index in [-0.39, 0.29) is 24.1 Å². The molecular formula is C12H17F3N4O. The summed E-state index contributed by atoms with van der Waals surface area (Å²) in [4.78, 5) is 13.4. The number of hydrogen-bond acceptors (Lipinski definition) is 3. The molecule has 0 radical (unpaired) electrons. The lowest BCUT2D eigenvalue weighted by Crippen LogP contribution is -2.41. The summed E-state index contributed by atoms with van der Waals surface area (Å²) in [6.07, 6.45) is -1.58. The number of nitrogens with zero attached hydrogens (tertiary/aromatic N) is 3. The van der Waals surface area contributed by atoms with Crippen molar-refractivity contribution in [2.24, 2.45) is 7.05 Å². The third-order valence-electron chi connectivity index (χ3n) is 3.32. The van der Waals surface area contributed by atoms with Crippen LogP contribution in [-0.4, -0.2) is 40.2 Å². The summed E-state index contributed by atoms with van der Waals surface area (Å²) < 4.78 is 39.6. The molecule has 0 bridgehead atoms. The van der Waals surface area contributed by atoms with Crippen molar-refractivity contribution in [3.63, 3.8) is 0 Å². The Morgan fingerprint density at radius 1 is 1.60 bits per heavy atom. The highest BCUT2D eigenvalue weighted by Gasteiger charge is 2.37. The van der Waals surface area contributed by atoms with Gasteiger partial charge in [0.15, 0.2) is 5.69 Å². The summed E-state index contributed by atoms with van der Waals surface area (Å²) in [5.41, 5.74) is -0.923. The zero-order valence-corrected chi connectivity index (χ0v) is 11.4. The molecule has 1 aromatic rings. The fourth-order valence-electron chi connectivity index (χ4n) is 2.39. The van der Waals surface area contributed by atoms with E-state index in [1.165, 1.54) is 25.2 Å². The average molecular weight is 290 g/mol. The van der Waals surface area contributed by atoms with E-state index in [0.717, 1.165) is 24.1 Å². The first-order valence-corrected chi connectivity index (χ1v) is 6.37. The van der Waals surface area contributed by atoms with Gasteiger partial charge in [-0.25, -0.2) is 0 Å². The Bertz CT molecular complexity index is 491. The van der Waals surface area contributed by atoms with E-state index >= 15 is 0 Å². The van der Waals surface area contributed by atoms with Crippen molar-refractivity contribution in [2.45, 2.75) is 31.6 Å². The van der Waals surface area contributed by atoms with Crippen molar-refractivity contribution in [1.82, 2.24) is 20.0 Å². The molecule has 112 valence electrons. The van der Waals surface area contributed by atoms with Gasteiger partial charge in [-0.1, -0.05) is 0 Å². The van der Waals surface area contributed by atoms with Crippen LogP contribution in [0.5, 0.6) is 0 Å². The molecule has 2 rings (SSSR count). The number of rotatable bonds is 3. The minimum absolute atomic E-state index is 0.00819. The van der Waals surface area contributed by atoms with Crippen LogP contribution in [0.3, 0.4) is 0 Å². The number of aryl methyl sites for hydroxylation is 1. The van der Waals surface area contributed by atoms with Crippen molar-refractivity contribution in [2.75, 3.05) is 13.6 Å². The molecule has 8 heteroatoms. The summed E-state index contributed by atoms with van der Waals surface area (Å²) in [5.74, 6) is -0.181. The summed E-state index contributed by atoms with van der Waals surface area (Å²) >= 11 is 0. The van der Waals surface area contributed by atoms with Gasteiger partial charge in [-0.15, -0.1) is 0 Å². The Hall–Kier alpha value is -1.57. The number of amides is 1. The number of carbonyl (C=O) groups excluding carboxylic acids is 1. The third kappa shape index (κ3) is 3.12. The van der Waals surface area contributed by atoms with Gasteiger partial charge in [-0.3, -0.25) is 9.48 Å². The Labute approximate surface area is 114 Å². The summed E-state index contributed by atoms with van der Waals surface area (Å²) in [5, 5.41) is 6.47. The molecule has 0 aromatic carbocycles. The Balaban J connectivity index is 2.11. The molecule has 20 heavy (non-hydrogen) atoms. The molecule has 5 nitrogen and oxygen atoms in total. The highest BCUT2D eigenvalue weighted by Crippen LogP contribution is 2.31. The first-order chi connectivity index (χ1) is 9.29. The topological polar surface area (TPSA) is 50.2 Å². The van der Waals surface area contributed by atoms with Gasteiger partial charge in [-0.2, -0.15) is 18.3 Å². The van der Waals surface area contributed by atoms with Crippen LogP contribution in [0.1, 0.15) is 24.1 Å². The maximum atomic E-state index is 12.8. The highest BCUT2D eigenvalue weighted by atomic mass is 19.4. The summed E-state index contributed by atoms with van der Waals surface area (Å²) in [6, 6.07) is -0.286. The summed E-state index contributed by atoms with van der Waals surface area (Å²) in [6.45, 7) is 0.671. The number of aromatic nitrogens is 2. The lowest BCUT2D eigenvalue weighted by atomic mass is 10.2. The molecule has 1 aliphatic heterocycles. The quantitative estimate of drug-likeness (QED) is 0.908. The molecule has 0 unspecified atom stereocenters. The van der Waals surface area contributed by atoms with E-state index in [0.29, 0.717) is 0 Å². The highest BCUT2D eigenvalue weighted by molar-refractivity contribution is 5.81. The summed E-state index contributed by atoms with van der Waals surface area (Å²) in [7, 11) is 2.94. The second-order valence-electron chi connectivity index (χ2n) is 5.02. The monoisotopic (exact) mass is 290 g/mol. The SMILES string of the molecule is CN(Cc1cn(C)nc1C(F)(F)F)C(=O)[C@H]1CCCN1. The van der Waals surface area contributed by atoms with Crippen molar-refractivity contribution in [1.29, 1.82) is 0 Å². The Kier molecular flexibility index (Phi) is 4.03. The molecule has 1 N–H and O–H groups in total. The van der Waals surface area contributed by atoms with Crippen molar-refractivity contribution in [3.05, 3.63) is 17.5 Å². The molecule has 1 atom stereocenters. The largest absolute Gasteiger partial charge is 0.435 e. The van der Waals surface area contributed by atoms with E-state index in [4.69, 9.17) is 0 Å². The van der Waals surface area contributed by atoms with Gasteiger partial charge in [0.2, 0.25) is 5.91 Å². The van der Waals surface area contributed by atoms with Gasteiger partial charge in [0.05, 0.1) is 6.04 Å². The molecule has 1 fully saturated rings. The number of carbonyl (C=O) groups is 1. The number of likely N-dealkylation sites (N-methyl/N-ethyl adjacent to an activating group) is 1. The minimum Gasteiger partial charge on any atom is -0.340 e. The van der Waals surface area contributed by atoms with Crippen LogP contribution < -0.4 is 5.32 Å². The fourth-order valence-corrected chi connectivity index (χ4v) is 2.39. The normalized spacial score (nSPS) is 19.4. The molecular weight excluding hydrogens is 273 g/mol. The smallest absolute Gasteiger partial charge is 0.340 e. The maximum absolute atomic E-state index is 12.8. The van der Waals surface area contributed by atoms with Crippen LogP contribution >= 0.6 is 0 Å². The molecule has 1 aliphatic rings. The fraction of sp³-hybridized carbons (Fsp3) is 0.667. The number of alkyl halides is 3. The van der Waals surface area contributed by atoms with Crippen LogP contribution in [0.2, 0.25) is 0 Å². The number of nitrogens with one attached hydrogen (secondary N) is 1. The van der Waals surface area contributed by atoms with Gasteiger partial charge in [0.25, 0.3) is 0 Å². The van der Waals surface area contributed by atoms with Crippen molar-refractivity contribution < 1.29 is 18.0 Å². The zero-order chi connectivity index (χ0) is 14.9. The van der Waals surface area contributed by atoms with Crippen LogP contribution in [0.4, 0.5) is 13.2 Å². The molecule has 1 aromatic heterocycles. The van der Waals surface area contributed by atoms with Crippen LogP contribution in [-0.2, 0) is 24.6 Å². The van der Waals surface area contributed by atoms with E-state index in [1.54, 1.807) is 0 Å². The predicted molar refractivity (Wildman–Crippen MR) is 65.7 cm³/mol. The molecule has 0 saturated carbocycles. The molecule has 0 aliphatic carbocycles. The van der Waals surface area contributed by atoms with E-state index in [2.05, 4.69) is 10.4 Å². The minimum atomic E-state index is -4.51. The number of halogens is 3. The maximum Gasteiger partial charge on any atom is 0.435 e. The van der Waals surface area contributed by atoms with Crippen molar-refractivity contribution in [3.8, 4) is 0 Å². The lowest BCUT2D eigenvalue weighted by molar-refractivity contribution is -0.143. The van der Waals surface area contributed by atoms with Crippen LogP contribution in [0.15, 0.2) is 6.20 Å². The molecule has 0 spiro atoms. The van der Waals surface area contributed by atoms with Gasteiger partial charge in [0, 0.05) is 32.4 Å². The lowest BCUT2D eigenvalue weighted by Gasteiger charge is -2.21. The zero-order valence-electron chi connectivity index (χ0n) is 11.4. The van der Waals surface area contributed by atoms with Gasteiger partial charge in [0.1, 0.15) is 0 Å². The van der Waals surface area contributed by atoms with Gasteiger partial charge >= 0.3 is 6.18 Å². The van der Waals surface area contributed by atoms with E-state index in [1.807, 2.05) is 0 Å². The average Bonchev–Trinajstić information content (AvgIpc) is 2.96. The Morgan fingerprint density at radius 3 is 2.85 bits per heavy atom. The standard InChI is InChI=1S/C12H17F3N4O/c1-18(11(20)9-4-3-5-16-9)6-8-7-19(2)17-10(8)12(13,14)15/h7,9,16H,3-6H2,1-2H3/t9-/m1/s1. The van der Waals surface area contributed by atoms with Crippen molar-refractivity contribution >= 4 is 5.91 Å². The second kappa shape index (κ2) is 5.43. The molecule has 2 heterocycles. The predicted octanol–water partition coefficient (Wildman–Crippen LogP) is 1.15. The first-order valence-electron chi connectivity index (χ1n) is 6.37. The van der Waals surface area contributed by atoms with Gasteiger partial charge < -0.3 is 10.2 Å². The third-order valence-corrected chi connectivity index (χ3v) is 3.32. The second-order valence-corrected chi connectivity index (χ2v) is 5.02. The number of hydrogen-bond donors (Lipinski definition) is 1. The molecule has 1 saturated heterocycles. The van der Waals surface area contributed by atoms with E-state index < -0.39 is 11.9 Å². The molecule has 1 amide bonds. The van der Waals surface area contributed by atoms with Crippen LogP contribution in [0.25, 0.3) is 0 Å². The first kappa shape index (κ1) is 14.8. The van der Waals surface area contributed by atoms with E-state index in [9.17, 15) is 18.0 Å².